The van der Waals surface area contributed by atoms with E-state index in [1.807, 2.05) is 11.0 Å². The number of nitrogens with zero attached hydrogens (tertiary/aromatic N) is 1. The Balaban J connectivity index is 1.94. The first kappa shape index (κ1) is 14.3. The molecule has 1 heterocycles. The third kappa shape index (κ3) is 1.79. The molecule has 2 aliphatic rings. The molecule has 0 saturated carbocycles. The lowest BCUT2D eigenvalue weighted by atomic mass is 9.96. The van der Waals surface area contributed by atoms with E-state index in [0.717, 1.165) is 23.4 Å². The van der Waals surface area contributed by atoms with Gasteiger partial charge in [0.2, 0.25) is 5.91 Å². The lowest BCUT2D eigenvalue weighted by Crippen LogP contribution is -2.29. The van der Waals surface area contributed by atoms with Crippen molar-refractivity contribution in [1.82, 2.24) is 0 Å². The van der Waals surface area contributed by atoms with Crippen LogP contribution in [-0.2, 0) is 11.2 Å². The summed E-state index contributed by atoms with van der Waals surface area (Å²) in [5, 5.41) is 0. The molecular formula is C20H21NO2. The Morgan fingerprint density at radius 1 is 1.22 bits per heavy atom. The monoisotopic (exact) mass is 307 g/mol. The third-order valence-corrected chi connectivity index (χ3v) is 5.41. The Morgan fingerprint density at radius 3 is 2.65 bits per heavy atom. The van der Waals surface area contributed by atoms with Crippen molar-refractivity contribution in [1.29, 1.82) is 0 Å². The Kier molecular flexibility index (Phi) is 3.02. The van der Waals surface area contributed by atoms with Gasteiger partial charge in [-0.2, -0.15) is 0 Å². The second-order valence-corrected chi connectivity index (χ2v) is 6.62. The van der Waals surface area contributed by atoms with Crippen molar-refractivity contribution >= 4 is 11.6 Å². The third-order valence-electron chi connectivity index (χ3n) is 5.41. The number of fused-ring (bicyclic) bond motifs is 5. The van der Waals surface area contributed by atoms with Crippen LogP contribution < -0.4 is 9.64 Å². The van der Waals surface area contributed by atoms with Crippen LogP contribution in [0.4, 0.5) is 5.69 Å². The summed E-state index contributed by atoms with van der Waals surface area (Å²) in [5.41, 5.74) is 7.37. The van der Waals surface area contributed by atoms with Crippen molar-refractivity contribution in [2.75, 3.05) is 12.0 Å². The van der Waals surface area contributed by atoms with Crippen LogP contribution in [0.5, 0.6) is 5.75 Å². The van der Waals surface area contributed by atoms with Gasteiger partial charge in [0.1, 0.15) is 5.75 Å². The minimum Gasteiger partial charge on any atom is -0.496 e. The number of hydrogen-bond donors (Lipinski definition) is 0. The summed E-state index contributed by atoms with van der Waals surface area (Å²) in [6.07, 6.45) is 0.975. The minimum atomic E-state index is 0.115. The summed E-state index contributed by atoms with van der Waals surface area (Å²) < 4.78 is 5.59. The van der Waals surface area contributed by atoms with E-state index in [9.17, 15) is 4.79 Å². The molecule has 1 amide bonds. The molecule has 118 valence electrons. The van der Waals surface area contributed by atoms with Gasteiger partial charge in [0.25, 0.3) is 0 Å². The number of anilines is 1. The van der Waals surface area contributed by atoms with Crippen LogP contribution in [0, 0.1) is 13.8 Å². The summed E-state index contributed by atoms with van der Waals surface area (Å²) in [5.74, 6) is 1.45. The van der Waals surface area contributed by atoms with E-state index in [4.69, 9.17) is 4.74 Å². The normalized spacial score (nSPS) is 21.0. The van der Waals surface area contributed by atoms with Crippen molar-refractivity contribution < 1.29 is 9.53 Å². The number of benzene rings is 2. The van der Waals surface area contributed by atoms with Crippen LogP contribution >= 0.6 is 0 Å². The van der Waals surface area contributed by atoms with Crippen LogP contribution in [0.3, 0.4) is 0 Å². The van der Waals surface area contributed by atoms with Crippen molar-refractivity contribution in [3.8, 4) is 5.75 Å². The molecule has 1 aliphatic heterocycles. The Bertz CT molecular complexity index is 825. The van der Waals surface area contributed by atoms with Gasteiger partial charge in [-0.15, -0.1) is 0 Å². The van der Waals surface area contributed by atoms with E-state index < -0.39 is 0 Å². The van der Waals surface area contributed by atoms with Gasteiger partial charge in [-0.1, -0.05) is 18.2 Å². The van der Waals surface area contributed by atoms with Crippen molar-refractivity contribution in [3.05, 3.63) is 58.1 Å². The van der Waals surface area contributed by atoms with Gasteiger partial charge in [0.15, 0.2) is 0 Å². The van der Waals surface area contributed by atoms with Crippen LogP contribution in [0.15, 0.2) is 30.3 Å². The quantitative estimate of drug-likeness (QED) is 0.795. The minimum absolute atomic E-state index is 0.115. The lowest BCUT2D eigenvalue weighted by molar-refractivity contribution is -0.117. The van der Waals surface area contributed by atoms with Gasteiger partial charge < -0.3 is 9.64 Å². The van der Waals surface area contributed by atoms with Crippen LogP contribution in [0.25, 0.3) is 0 Å². The number of methoxy groups -OCH3 is 1. The maximum absolute atomic E-state index is 12.4. The molecule has 1 aliphatic carbocycles. The molecular weight excluding hydrogens is 286 g/mol. The first-order chi connectivity index (χ1) is 11.0. The van der Waals surface area contributed by atoms with Crippen LogP contribution in [-0.4, -0.2) is 13.0 Å². The number of aryl methyl sites for hydroxylation is 1. The molecule has 2 aromatic rings. The summed E-state index contributed by atoms with van der Waals surface area (Å²) in [4.78, 5) is 14.3. The molecule has 3 nitrogen and oxygen atoms in total. The summed E-state index contributed by atoms with van der Waals surface area (Å²) >= 11 is 0. The molecule has 0 bridgehead atoms. The maximum atomic E-state index is 12.4. The fourth-order valence-electron chi connectivity index (χ4n) is 4.57. The lowest BCUT2D eigenvalue weighted by Gasteiger charge is -2.25. The highest BCUT2D eigenvalue weighted by molar-refractivity contribution is 5.96. The number of carbonyl (C=O) groups excluding carboxylic acids is 1. The number of amides is 1. The van der Waals surface area contributed by atoms with E-state index in [1.165, 1.54) is 22.3 Å². The molecule has 0 aromatic heterocycles. The van der Waals surface area contributed by atoms with E-state index in [0.29, 0.717) is 5.92 Å². The topological polar surface area (TPSA) is 29.5 Å². The fraction of sp³-hybridized carbons (Fsp3) is 0.350. The summed E-state index contributed by atoms with van der Waals surface area (Å²) in [6, 6.07) is 10.7. The first-order valence-electron chi connectivity index (χ1n) is 8.10. The van der Waals surface area contributed by atoms with Gasteiger partial charge in [0, 0.05) is 18.5 Å². The number of hydrogen-bond acceptors (Lipinski definition) is 2. The Labute approximate surface area is 136 Å². The summed E-state index contributed by atoms with van der Waals surface area (Å²) in [6.45, 7) is 5.88. The van der Waals surface area contributed by atoms with Crippen molar-refractivity contribution in [2.45, 2.75) is 39.2 Å². The highest BCUT2D eigenvalue weighted by Crippen LogP contribution is 2.56. The van der Waals surface area contributed by atoms with E-state index in [2.05, 4.69) is 38.1 Å². The summed E-state index contributed by atoms with van der Waals surface area (Å²) in [7, 11) is 1.73. The maximum Gasteiger partial charge on any atom is 0.224 e. The highest BCUT2D eigenvalue weighted by atomic mass is 16.5. The molecule has 0 N–H and O–H groups in total. The molecule has 2 aromatic carbocycles. The highest BCUT2D eigenvalue weighted by Gasteiger charge is 2.46. The Hall–Kier alpha value is -2.29. The van der Waals surface area contributed by atoms with Gasteiger partial charge in [-0.3, -0.25) is 4.79 Å². The van der Waals surface area contributed by atoms with Gasteiger partial charge >= 0.3 is 0 Å². The molecule has 0 radical (unpaired) electrons. The molecule has 3 heteroatoms. The Morgan fingerprint density at radius 2 is 1.96 bits per heavy atom. The molecule has 0 spiro atoms. The van der Waals surface area contributed by atoms with Crippen molar-refractivity contribution in [2.24, 2.45) is 0 Å². The second kappa shape index (κ2) is 4.85. The largest absolute Gasteiger partial charge is 0.496 e. The van der Waals surface area contributed by atoms with Gasteiger partial charge in [-0.05, 0) is 60.2 Å². The average molecular weight is 307 g/mol. The number of carbonyl (C=O) groups is 1. The van der Waals surface area contributed by atoms with E-state index in [-0.39, 0.29) is 11.9 Å². The number of ether oxygens (including phenoxy) is 1. The second-order valence-electron chi connectivity index (χ2n) is 6.62. The standard InChI is InChI=1S/C20H21NO2/c1-11-9-16-15(12(2)20(11)23-4)10-17-14-7-5-6-8-18(14)21(13(3)22)19(16)17/h5-9,17,19H,10H2,1-4H3/t17-,19-/m1/s1. The zero-order valence-corrected chi connectivity index (χ0v) is 14.0. The van der Waals surface area contributed by atoms with Crippen LogP contribution in [0.2, 0.25) is 0 Å². The van der Waals surface area contributed by atoms with Gasteiger partial charge in [-0.25, -0.2) is 0 Å². The zero-order valence-electron chi connectivity index (χ0n) is 14.0. The van der Waals surface area contributed by atoms with Crippen LogP contribution in [0.1, 0.15) is 46.7 Å². The molecule has 23 heavy (non-hydrogen) atoms. The predicted octanol–water partition coefficient (Wildman–Crippen LogP) is 4.06. The SMILES string of the molecule is COc1c(C)cc2c(c1C)C[C@@H]1c3ccccc3N(C(C)=O)[C@H]21. The molecule has 2 atom stereocenters. The van der Waals surface area contributed by atoms with Crippen molar-refractivity contribution in [3.63, 3.8) is 0 Å². The zero-order chi connectivity index (χ0) is 16.3. The van der Waals surface area contributed by atoms with E-state index in [1.54, 1.807) is 14.0 Å². The fourth-order valence-corrected chi connectivity index (χ4v) is 4.57. The first-order valence-corrected chi connectivity index (χ1v) is 8.10. The average Bonchev–Trinajstić information content (AvgIpc) is 3.03. The molecule has 0 unspecified atom stereocenters. The smallest absolute Gasteiger partial charge is 0.224 e. The van der Waals surface area contributed by atoms with E-state index >= 15 is 0 Å². The molecule has 0 fully saturated rings. The number of rotatable bonds is 1. The molecule has 4 rings (SSSR count). The number of para-hydroxylation sites is 1. The predicted molar refractivity (Wildman–Crippen MR) is 91.3 cm³/mol. The van der Waals surface area contributed by atoms with Gasteiger partial charge in [0.05, 0.1) is 13.2 Å². The molecule has 0 saturated heterocycles.